The molecule has 0 bridgehead atoms. The van der Waals surface area contributed by atoms with Crippen molar-refractivity contribution in [2.24, 2.45) is 5.73 Å². The summed E-state index contributed by atoms with van der Waals surface area (Å²) in [5.74, 6) is -0.594. The summed E-state index contributed by atoms with van der Waals surface area (Å²) in [6, 6.07) is 7.87. The van der Waals surface area contributed by atoms with Crippen LogP contribution in [0.5, 0.6) is 0 Å². The summed E-state index contributed by atoms with van der Waals surface area (Å²) in [5.41, 5.74) is 9.64. The van der Waals surface area contributed by atoms with Gasteiger partial charge in [-0.1, -0.05) is 12.1 Å². The highest BCUT2D eigenvalue weighted by molar-refractivity contribution is 7.14. The molecule has 6 nitrogen and oxygen atoms in total. The Balaban J connectivity index is 1.60. The molecule has 1 aromatic carbocycles. The highest BCUT2D eigenvalue weighted by Crippen LogP contribution is 2.23. The van der Waals surface area contributed by atoms with Gasteiger partial charge in [0.15, 0.2) is 6.04 Å². The van der Waals surface area contributed by atoms with E-state index < -0.39 is 5.91 Å². The van der Waals surface area contributed by atoms with Gasteiger partial charge >= 0.3 is 0 Å². The van der Waals surface area contributed by atoms with Gasteiger partial charge in [0.2, 0.25) is 0 Å². The van der Waals surface area contributed by atoms with Gasteiger partial charge in [-0.25, -0.2) is 0 Å². The van der Waals surface area contributed by atoms with Crippen molar-refractivity contribution in [1.29, 1.82) is 0 Å². The molecule has 1 atom stereocenters. The van der Waals surface area contributed by atoms with Gasteiger partial charge in [-0.3, -0.25) is 9.59 Å². The summed E-state index contributed by atoms with van der Waals surface area (Å²) in [7, 11) is 0. The van der Waals surface area contributed by atoms with Crippen molar-refractivity contribution >= 4 is 33.8 Å². The molecule has 2 aromatic rings. The molecule has 1 fully saturated rings. The molecule has 7 heteroatoms. The minimum atomic E-state index is -0.520. The number of hydrogen-bond acceptors (Lipinski definition) is 4. The lowest BCUT2D eigenvalue weighted by Crippen LogP contribution is -3.19. The molecule has 2 amide bonds. The fourth-order valence-corrected chi connectivity index (χ4v) is 4.35. The second kappa shape index (κ2) is 8.10. The minimum Gasteiger partial charge on any atom is -0.366 e. The number of carbonyl (C=O) groups is 2. The molecule has 1 saturated heterocycles. The number of thiophene rings is 1. The highest BCUT2D eigenvalue weighted by atomic mass is 32.1. The Morgan fingerprint density at radius 3 is 2.59 bits per heavy atom. The predicted octanol–water partition coefficient (Wildman–Crippen LogP) is 1.20. The van der Waals surface area contributed by atoms with E-state index in [0.29, 0.717) is 10.6 Å². The van der Waals surface area contributed by atoms with Crippen LogP contribution in [-0.2, 0) is 4.79 Å². The molecule has 3 rings (SSSR count). The Morgan fingerprint density at radius 1 is 1.22 bits per heavy atom. The molecule has 1 aliphatic heterocycles. The maximum atomic E-state index is 12.6. The molecule has 0 radical (unpaired) electrons. The van der Waals surface area contributed by atoms with Crippen LogP contribution in [0.25, 0.3) is 0 Å². The van der Waals surface area contributed by atoms with E-state index >= 15 is 0 Å². The van der Waals surface area contributed by atoms with E-state index in [-0.39, 0.29) is 11.9 Å². The number of amides is 2. The average molecular weight is 388 g/mol. The summed E-state index contributed by atoms with van der Waals surface area (Å²) in [6.07, 6.45) is 0. The second-order valence-electron chi connectivity index (χ2n) is 7.10. The molecule has 4 N–H and O–H groups in total. The van der Waals surface area contributed by atoms with E-state index in [1.807, 2.05) is 6.92 Å². The van der Waals surface area contributed by atoms with Gasteiger partial charge in [0, 0.05) is 5.69 Å². The number of nitrogens with zero attached hydrogens (tertiary/aromatic N) is 1. The lowest BCUT2D eigenvalue weighted by molar-refractivity contribution is -0.914. The summed E-state index contributed by atoms with van der Waals surface area (Å²) in [4.78, 5) is 27.7. The van der Waals surface area contributed by atoms with Crippen molar-refractivity contribution in [1.82, 2.24) is 0 Å². The largest absolute Gasteiger partial charge is 0.366 e. The molecule has 2 heterocycles. The van der Waals surface area contributed by atoms with Crippen molar-refractivity contribution in [3.05, 3.63) is 46.3 Å². The Kier molecular flexibility index (Phi) is 5.82. The first-order valence-electron chi connectivity index (χ1n) is 9.22. The number of piperazine rings is 1. The fourth-order valence-electron chi connectivity index (χ4n) is 3.55. The normalized spacial score (nSPS) is 16.2. The molecule has 1 aromatic heterocycles. The van der Waals surface area contributed by atoms with Crippen LogP contribution < -0.4 is 20.9 Å². The SMILES string of the molecule is Cc1cccc(N2CC[NH+]([C@H](C)C(=O)Nc3sccc3C(N)=O)CC2)c1C. The topological polar surface area (TPSA) is 79.9 Å². The number of nitrogens with one attached hydrogen (secondary N) is 2. The maximum absolute atomic E-state index is 12.6. The second-order valence-corrected chi connectivity index (χ2v) is 8.02. The van der Waals surface area contributed by atoms with Crippen LogP contribution in [0.1, 0.15) is 28.4 Å². The van der Waals surface area contributed by atoms with Crippen molar-refractivity contribution in [3.8, 4) is 0 Å². The van der Waals surface area contributed by atoms with Crippen LogP contribution >= 0.6 is 11.3 Å². The van der Waals surface area contributed by atoms with Gasteiger partial charge < -0.3 is 20.9 Å². The lowest BCUT2D eigenvalue weighted by atomic mass is 10.1. The van der Waals surface area contributed by atoms with Gasteiger partial charge in [0.1, 0.15) is 5.00 Å². The highest BCUT2D eigenvalue weighted by Gasteiger charge is 2.30. The quantitative estimate of drug-likeness (QED) is 0.721. The van der Waals surface area contributed by atoms with Crippen LogP contribution in [-0.4, -0.2) is 44.0 Å². The van der Waals surface area contributed by atoms with E-state index in [1.54, 1.807) is 11.4 Å². The number of rotatable bonds is 5. The monoisotopic (exact) mass is 387 g/mol. The molecule has 27 heavy (non-hydrogen) atoms. The molecule has 0 unspecified atom stereocenters. The number of primary amides is 1. The van der Waals surface area contributed by atoms with Gasteiger partial charge in [-0.05, 0) is 49.4 Å². The third-order valence-electron chi connectivity index (χ3n) is 5.50. The Morgan fingerprint density at radius 2 is 1.93 bits per heavy atom. The molecule has 0 spiro atoms. The van der Waals surface area contributed by atoms with Crippen molar-refractivity contribution in [3.63, 3.8) is 0 Å². The van der Waals surface area contributed by atoms with Crippen molar-refractivity contribution in [2.45, 2.75) is 26.8 Å². The zero-order valence-corrected chi connectivity index (χ0v) is 16.9. The van der Waals surface area contributed by atoms with E-state index in [9.17, 15) is 9.59 Å². The molecule has 0 saturated carbocycles. The van der Waals surface area contributed by atoms with Crippen LogP contribution in [0.2, 0.25) is 0 Å². The average Bonchev–Trinajstić information content (AvgIpc) is 3.12. The molecular weight excluding hydrogens is 360 g/mol. The fraction of sp³-hybridized carbons (Fsp3) is 0.400. The molecule has 1 aliphatic rings. The van der Waals surface area contributed by atoms with Gasteiger partial charge in [-0.2, -0.15) is 0 Å². The van der Waals surface area contributed by atoms with E-state index in [1.165, 1.54) is 33.1 Å². The Labute approximate surface area is 164 Å². The van der Waals surface area contributed by atoms with E-state index in [0.717, 1.165) is 26.2 Å². The van der Waals surface area contributed by atoms with Gasteiger partial charge in [0.25, 0.3) is 11.8 Å². The summed E-state index contributed by atoms with van der Waals surface area (Å²) in [5, 5.41) is 5.17. The first-order valence-corrected chi connectivity index (χ1v) is 10.1. The van der Waals surface area contributed by atoms with Gasteiger partial charge in [0.05, 0.1) is 31.7 Å². The van der Waals surface area contributed by atoms with Gasteiger partial charge in [-0.15, -0.1) is 11.3 Å². The number of aryl methyl sites for hydroxylation is 1. The van der Waals surface area contributed by atoms with Crippen LogP contribution in [0.4, 0.5) is 10.7 Å². The first kappa shape index (κ1) is 19.4. The standard InChI is InChI=1S/C20H26N4O2S/c1-13-5-4-6-17(14(13)2)24-10-8-23(9-11-24)15(3)19(26)22-20-16(18(21)25)7-12-27-20/h4-7,12,15H,8-11H2,1-3H3,(H2,21,25)(H,22,26)/p+1/t15-/m1/s1. The number of quaternary nitrogens is 1. The Bertz CT molecular complexity index is 840. The van der Waals surface area contributed by atoms with Crippen molar-refractivity contribution < 1.29 is 14.5 Å². The zero-order chi connectivity index (χ0) is 19.6. The van der Waals surface area contributed by atoms with Crippen molar-refractivity contribution in [2.75, 3.05) is 36.4 Å². The summed E-state index contributed by atoms with van der Waals surface area (Å²) < 4.78 is 0. The molecular formula is C20H27N4O2S+. The number of benzene rings is 1. The third kappa shape index (κ3) is 4.14. The lowest BCUT2D eigenvalue weighted by Gasteiger charge is -2.36. The van der Waals surface area contributed by atoms with Crippen LogP contribution in [0.3, 0.4) is 0 Å². The summed E-state index contributed by atoms with van der Waals surface area (Å²) in [6.45, 7) is 9.88. The predicted molar refractivity (Wildman–Crippen MR) is 110 cm³/mol. The number of carbonyl (C=O) groups excluding carboxylic acids is 2. The molecule has 0 aliphatic carbocycles. The maximum Gasteiger partial charge on any atom is 0.282 e. The smallest absolute Gasteiger partial charge is 0.282 e. The van der Waals surface area contributed by atoms with E-state index in [2.05, 4.69) is 42.3 Å². The third-order valence-corrected chi connectivity index (χ3v) is 6.33. The number of nitrogens with two attached hydrogens (primary N) is 1. The van der Waals surface area contributed by atoms with Crippen LogP contribution in [0, 0.1) is 13.8 Å². The number of hydrogen-bond donors (Lipinski definition) is 3. The molecule has 144 valence electrons. The Hall–Kier alpha value is -2.38. The summed E-state index contributed by atoms with van der Waals surface area (Å²) >= 11 is 1.32. The number of anilines is 2. The van der Waals surface area contributed by atoms with E-state index in [4.69, 9.17) is 5.73 Å². The van der Waals surface area contributed by atoms with Crippen LogP contribution in [0.15, 0.2) is 29.6 Å². The first-order chi connectivity index (χ1) is 12.9. The zero-order valence-electron chi connectivity index (χ0n) is 16.0. The minimum absolute atomic E-state index is 0.0739.